The highest BCUT2D eigenvalue weighted by Gasteiger charge is 2.28. The molecular formula is C17H22N3O2+. The number of hydrogen-bond acceptors (Lipinski definition) is 3. The lowest BCUT2D eigenvalue weighted by atomic mass is 10.1. The van der Waals surface area contributed by atoms with Gasteiger partial charge in [-0.2, -0.15) is 5.26 Å². The number of piperazine rings is 1. The highest BCUT2D eigenvalue weighted by molar-refractivity contribution is 5.94. The van der Waals surface area contributed by atoms with Crippen LogP contribution in [0.1, 0.15) is 28.8 Å². The van der Waals surface area contributed by atoms with E-state index in [2.05, 4.69) is 6.07 Å². The second kappa shape index (κ2) is 6.91. The van der Waals surface area contributed by atoms with Crippen molar-refractivity contribution in [2.45, 2.75) is 18.9 Å². The summed E-state index contributed by atoms with van der Waals surface area (Å²) in [5.74, 6) is 0.0354. The highest BCUT2D eigenvalue weighted by Crippen LogP contribution is 2.10. The fourth-order valence-corrected chi connectivity index (χ4v) is 3.26. The van der Waals surface area contributed by atoms with Gasteiger partial charge in [-0.15, -0.1) is 0 Å². The van der Waals surface area contributed by atoms with Crippen LogP contribution in [-0.4, -0.2) is 56.2 Å². The van der Waals surface area contributed by atoms with E-state index in [0.29, 0.717) is 17.2 Å². The van der Waals surface area contributed by atoms with E-state index in [1.807, 2.05) is 4.90 Å². The molecular weight excluding hydrogens is 278 g/mol. The summed E-state index contributed by atoms with van der Waals surface area (Å²) in [5.41, 5.74) is 1.15. The molecule has 0 saturated carbocycles. The first-order chi connectivity index (χ1) is 10.8. The van der Waals surface area contributed by atoms with Gasteiger partial charge in [-0.05, 0) is 31.0 Å². The topological polar surface area (TPSA) is 57.8 Å². The molecule has 0 aromatic heterocycles. The molecule has 2 aliphatic rings. The maximum absolute atomic E-state index is 12.5. The third-order valence-electron chi connectivity index (χ3n) is 4.54. The summed E-state index contributed by atoms with van der Waals surface area (Å²) in [6, 6.07) is 9.04. The van der Waals surface area contributed by atoms with Crippen molar-refractivity contribution in [2.24, 2.45) is 0 Å². The first-order valence-electron chi connectivity index (χ1n) is 8.01. The van der Waals surface area contributed by atoms with Crippen molar-refractivity contribution in [3.63, 3.8) is 0 Å². The Kier molecular flexibility index (Phi) is 4.71. The Labute approximate surface area is 131 Å². The number of carbonyl (C=O) groups is 1. The maximum atomic E-state index is 12.5. The molecule has 1 atom stereocenters. The summed E-state index contributed by atoms with van der Waals surface area (Å²) in [7, 11) is 0. The second-order valence-electron chi connectivity index (χ2n) is 6.07. The average Bonchev–Trinajstić information content (AvgIpc) is 3.08. The van der Waals surface area contributed by atoms with Gasteiger partial charge < -0.3 is 14.5 Å². The quantitative estimate of drug-likeness (QED) is 0.860. The monoisotopic (exact) mass is 300 g/mol. The van der Waals surface area contributed by atoms with Gasteiger partial charge >= 0.3 is 0 Å². The van der Waals surface area contributed by atoms with Crippen LogP contribution in [0.15, 0.2) is 24.3 Å². The van der Waals surface area contributed by atoms with Crippen molar-refractivity contribution in [1.29, 1.82) is 5.26 Å². The minimum atomic E-state index is 0.0354. The normalized spacial score (nSPS) is 22.5. The summed E-state index contributed by atoms with van der Waals surface area (Å²) in [6.45, 7) is 5.46. The molecule has 5 heteroatoms. The Morgan fingerprint density at radius 3 is 2.91 bits per heavy atom. The number of benzene rings is 1. The lowest BCUT2D eigenvalue weighted by Crippen LogP contribution is -3.15. The second-order valence-corrected chi connectivity index (χ2v) is 6.07. The van der Waals surface area contributed by atoms with Crippen molar-refractivity contribution in [1.82, 2.24) is 4.90 Å². The molecule has 0 radical (unpaired) electrons. The van der Waals surface area contributed by atoms with E-state index in [0.717, 1.165) is 39.3 Å². The number of ether oxygens (including phenoxy) is 1. The Balaban J connectivity index is 1.54. The zero-order chi connectivity index (χ0) is 15.4. The van der Waals surface area contributed by atoms with E-state index in [4.69, 9.17) is 10.00 Å². The number of rotatable bonds is 3. The molecule has 0 aliphatic carbocycles. The number of carbonyl (C=O) groups excluding carboxylic acids is 1. The first kappa shape index (κ1) is 15.0. The molecule has 0 bridgehead atoms. The predicted octanol–water partition coefficient (Wildman–Crippen LogP) is 0.0780. The van der Waals surface area contributed by atoms with E-state index in [9.17, 15) is 4.79 Å². The smallest absolute Gasteiger partial charge is 0.254 e. The molecule has 2 saturated heterocycles. The minimum absolute atomic E-state index is 0.0354. The van der Waals surface area contributed by atoms with Gasteiger partial charge in [0.25, 0.3) is 5.91 Å². The fraction of sp³-hybridized carbons (Fsp3) is 0.529. The van der Waals surface area contributed by atoms with Crippen LogP contribution in [0.5, 0.6) is 0 Å². The standard InChI is InChI=1S/C17H21N3O2/c18-12-14-3-1-4-15(11-14)17(21)20-8-6-19(7-9-20)13-16-5-2-10-22-16/h1,3-4,11,16H,2,5-10,13H2/p+1/t16-/m0/s1. The van der Waals surface area contributed by atoms with E-state index >= 15 is 0 Å². The van der Waals surface area contributed by atoms with Gasteiger partial charge in [-0.1, -0.05) is 6.07 Å². The molecule has 22 heavy (non-hydrogen) atoms. The third kappa shape index (κ3) is 3.46. The molecule has 0 unspecified atom stereocenters. The summed E-state index contributed by atoms with van der Waals surface area (Å²) in [4.78, 5) is 15.9. The van der Waals surface area contributed by atoms with Crippen molar-refractivity contribution in [2.75, 3.05) is 39.3 Å². The molecule has 1 aromatic carbocycles. The summed E-state index contributed by atoms with van der Waals surface area (Å²) in [5, 5.41) is 8.93. The first-order valence-corrected chi connectivity index (χ1v) is 8.01. The number of hydrogen-bond donors (Lipinski definition) is 1. The van der Waals surface area contributed by atoms with E-state index < -0.39 is 0 Å². The Hall–Kier alpha value is -1.90. The van der Waals surface area contributed by atoms with Crippen molar-refractivity contribution in [3.05, 3.63) is 35.4 Å². The fourth-order valence-electron chi connectivity index (χ4n) is 3.26. The molecule has 2 heterocycles. The van der Waals surface area contributed by atoms with Crippen LogP contribution >= 0.6 is 0 Å². The zero-order valence-electron chi connectivity index (χ0n) is 12.8. The number of amides is 1. The van der Waals surface area contributed by atoms with Crippen molar-refractivity contribution >= 4 is 5.91 Å². The van der Waals surface area contributed by atoms with E-state index in [1.165, 1.54) is 17.7 Å². The molecule has 2 aliphatic heterocycles. The molecule has 2 fully saturated rings. The lowest BCUT2D eigenvalue weighted by Gasteiger charge is -2.33. The number of nitriles is 1. The van der Waals surface area contributed by atoms with Crippen molar-refractivity contribution in [3.8, 4) is 6.07 Å². The highest BCUT2D eigenvalue weighted by atomic mass is 16.5. The van der Waals surface area contributed by atoms with Crippen LogP contribution in [0.2, 0.25) is 0 Å². The molecule has 5 nitrogen and oxygen atoms in total. The minimum Gasteiger partial charge on any atom is -0.372 e. The van der Waals surface area contributed by atoms with Crippen LogP contribution < -0.4 is 4.90 Å². The SMILES string of the molecule is N#Cc1cccc(C(=O)N2CC[NH+](C[C@@H]3CCCO3)CC2)c1. The van der Waals surface area contributed by atoms with Crippen LogP contribution in [0.3, 0.4) is 0 Å². The van der Waals surface area contributed by atoms with Gasteiger partial charge in [0.2, 0.25) is 0 Å². The largest absolute Gasteiger partial charge is 0.372 e. The summed E-state index contributed by atoms with van der Waals surface area (Å²) in [6.07, 6.45) is 2.76. The maximum Gasteiger partial charge on any atom is 0.254 e. The molecule has 116 valence electrons. The van der Waals surface area contributed by atoms with Gasteiger partial charge in [0.15, 0.2) is 0 Å². The lowest BCUT2D eigenvalue weighted by molar-refractivity contribution is -0.906. The molecule has 3 rings (SSSR count). The zero-order valence-corrected chi connectivity index (χ0v) is 12.8. The van der Waals surface area contributed by atoms with Gasteiger partial charge in [0, 0.05) is 12.2 Å². The Bertz CT molecular complexity index is 568. The average molecular weight is 300 g/mol. The van der Waals surface area contributed by atoms with Gasteiger partial charge in [-0.3, -0.25) is 4.79 Å². The van der Waals surface area contributed by atoms with Crippen LogP contribution in [-0.2, 0) is 4.74 Å². The molecule has 1 aromatic rings. The third-order valence-corrected chi connectivity index (χ3v) is 4.54. The number of quaternary nitrogens is 1. The van der Waals surface area contributed by atoms with Gasteiger partial charge in [0.1, 0.15) is 12.6 Å². The van der Waals surface area contributed by atoms with E-state index in [1.54, 1.807) is 24.3 Å². The van der Waals surface area contributed by atoms with Crippen molar-refractivity contribution < 1.29 is 14.4 Å². The molecule has 0 spiro atoms. The summed E-state index contributed by atoms with van der Waals surface area (Å²) < 4.78 is 5.69. The van der Waals surface area contributed by atoms with Crippen LogP contribution in [0, 0.1) is 11.3 Å². The van der Waals surface area contributed by atoms with Gasteiger partial charge in [0.05, 0.1) is 37.8 Å². The molecule has 1 amide bonds. The van der Waals surface area contributed by atoms with E-state index in [-0.39, 0.29) is 5.91 Å². The summed E-state index contributed by atoms with van der Waals surface area (Å²) >= 11 is 0. The van der Waals surface area contributed by atoms with Gasteiger partial charge in [-0.25, -0.2) is 0 Å². The van der Waals surface area contributed by atoms with Crippen LogP contribution in [0.25, 0.3) is 0 Å². The van der Waals surface area contributed by atoms with Crippen LogP contribution in [0.4, 0.5) is 0 Å². The number of nitrogens with zero attached hydrogens (tertiary/aromatic N) is 2. The predicted molar refractivity (Wildman–Crippen MR) is 81.6 cm³/mol. The number of nitrogens with one attached hydrogen (secondary N) is 1. The Morgan fingerprint density at radius 1 is 1.41 bits per heavy atom. The molecule has 1 N–H and O–H groups in total. The Morgan fingerprint density at radius 2 is 2.23 bits per heavy atom.